The van der Waals surface area contributed by atoms with Gasteiger partial charge in [-0.15, -0.1) is 0 Å². The zero-order chi connectivity index (χ0) is 8.27. The predicted molar refractivity (Wildman–Crippen MR) is 45.0 cm³/mol. The molecule has 0 saturated carbocycles. The maximum atomic E-state index is 12.4. The average molecular weight is 152 g/mol. The van der Waals surface area contributed by atoms with E-state index >= 15 is 0 Å². The Hall–Kier alpha value is -1.05. The molecule has 1 aromatic rings. The van der Waals surface area contributed by atoms with Crippen molar-refractivity contribution in [3.05, 3.63) is 37.0 Å². The summed E-state index contributed by atoms with van der Waals surface area (Å²) in [5, 5.41) is 0. The zero-order valence-corrected chi connectivity index (χ0v) is 6.55. The molecule has 0 unspecified atom stereocenters. The molecule has 0 aliphatic heterocycles. The van der Waals surface area contributed by atoms with Crippen molar-refractivity contribution < 1.29 is 4.39 Å². The maximum absolute atomic E-state index is 12.4. The first-order valence-corrected chi connectivity index (χ1v) is 3.50. The Morgan fingerprint density at radius 1 is 1.36 bits per heavy atom. The lowest BCUT2D eigenvalue weighted by Crippen LogP contribution is -2.15. The van der Waals surface area contributed by atoms with Crippen molar-refractivity contribution in [2.24, 2.45) is 0 Å². The van der Waals surface area contributed by atoms with Crippen LogP contribution in [-0.2, 0) is 0 Å². The highest BCUT2D eigenvalue weighted by Crippen LogP contribution is 2.11. The third kappa shape index (κ3) is 1.93. The van der Waals surface area contributed by atoms with E-state index in [1.54, 1.807) is 12.1 Å². The SMILES string of the molecule is [CH2]CN(C)c1ccc(F)cc1. The fourth-order valence-electron chi connectivity index (χ4n) is 0.825. The second kappa shape index (κ2) is 3.37. The molecule has 1 rings (SSSR count). The number of anilines is 1. The smallest absolute Gasteiger partial charge is 0.123 e. The zero-order valence-electron chi connectivity index (χ0n) is 6.55. The van der Waals surface area contributed by atoms with E-state index in [1.165, 1.54) is 12.1 Å². The lowest BCUT2D eigenvalue weighted by Gasteiger charge is -2.15. The Labute approximate surface area is 66.5 Å². The molecule has 0 spiro atoms. The van der Waals surface area contributed by atoms with Crippen molar-refractivity contribution in [3.63, 3.8) is 0 Å². The van der Waals surface area contributed by atoms with Gasteiger partial charge in [0.15, 0.2) is 0 Å². The number of hydrogen-bond donors (Lipinski definition) is 0. The van der Waals surface area contributed by atoms with Crippen LogP contribution in [0.4, 0.5) is 10.1 Å². The van der Waals surface area contributed by atoms with Crippen LogP contribution in [0.15, 0.2) is 24.3 Å². The number of benzene rings is 1. The van der Waals surface area contributed by atoms with Gasteiger partial charge in [0.05, 0.1) is 0 Å². The normalized spacial score (nSPS) is 9.73. The third-order valence-electron chi connectivity index (χ3n) is 1.60. The molecular weight excluding hydrogens is 141 g/mol. The van der Waals surface area contributed by atoms with Gasteiger partial charge in [-0.25, -0.2) is 4.39 Å². The third-order valence-corrected chi connectivity index (χ3v) is 1.60. The van der Waals surface area contributed by atoms with Gasteiger partial charge in [-0.1, -0.05) is 0 Å². The molecule has 1 aromatic carbocycles. The molecule has 0 amide bonds. The molecule has 0 aliphatic carbocycles. The average Bonchev–Trinajstić information content (AvgIpc) is 2.05. The Bertz CT molecular complexity index is 218. The fourth-order valence-corrected chi connectivity index (χ4v) is 0.825. The first-order chi connectivity index (χ1) is 5.24. The van der Waals surface area contributed by atoms with Gasteiger partial charge in [-0.3, -0.25) is 0 Å². The van der Waals surface area contributed by atoms with Gasteiger partial charge < -0.3 is 4.90 Å². The Morgan fingerprint density at radius 2 is 1.91 bits per heavy atom. The largest absolute Gasteiger partial charge is 0.375 e. The molecule has 0 N–H and O–H groups in total. The minimum Gasteiger partial charge on any atom is -0.375 e. The number of nitrogens with zero attached hydrogens (tertiary/aromatic N) is 1. The highest BCUT2D eigenvalue weighted by Gasteiger charge is 1.96. The van der Waals surface area contributed by atoms with Crippen molar-refractivity contribution in [2.45, 2.75) is 0 Å². The van der Waals surface area contributed by atoms with Crippen LogP contribution in [0.2, 0.25) is 0 Å². The molecule has 11 heavy (non-hydrogen) atoms. The minimum absolute atomic E-state index is 0.203. The summed E-state index contributed by atoms with van der Waals surface area (Å²) in [4.78, 5) is 1.94. The molecule has 59 valence electrons. The summed E-state index contributed by atoms with van der Waals surface area (Å²) in [5.74, 6) is -0.203. The van der Waals surface area contributed by atoms with Crippen molar-refractivity contribution in [1.82, 2.24) is 0 Å². The molecule has 2 heteroatoms. The van der Waals surface area contributed by atoms with Crippen molar-refractivity contribution in [3.8, 4) is 0 Å². The van der Waals surface area contributed by atoms with Crippen LogP contribution in [0.25, 0.3) is 0 Å². The maximum Gasteiger partial charge on any atom is 0.123 e. The van der Waals surface area contributed by atoms with E-state index in [0.717, 1.165) is 5.69 Å². The molecule has 0 heterocycles. The quantitative estimate of drug-likeness (QED) is 0.627. The van der Waals surface area contributed by atoms with Crippen LogP contribution < -0.4 is 4.90 Å². The lowest BCUT2D eigenvalue weighted by molar-refractivity contribution is 0.627. The Kier molecular flexibility index (Phi) is 2.47. The summed E-state index contributed by atoms with van der Waals surface area (Å²) in [6.45, 7) is 4.40. The van der Waals surface area contributed by atoms with E-state index in [1.807, 2.05) is 11.9 Å². The van der Waals surface area contributed by atoms with Crippen LogP contribution in [0.5, 0.6) is 0 Å². The van der Waals surface area contributed by atoms with Gasteiger partial charge in [0.2, 0.25) is 0 Å². The van der Waals surface area contributed by atoms with E-state index < -0.39 is 0 Å². The highest BCUT2D eigenvalue weighted by molar-refractivity contribution is 5.45. The van der Waals surface area contributed by atoms with Gasteiger partial charge >= 0.3 is 0 Å². The molecule has 1 radical (unpaired) electrons. The molecule has 0 fully saturated rings. The van der Waals surface area contributed by atoms with E-state index in [-0.39, 0.29) is 5.82 Å². The van der Waals surface area contributed by atoms with Gasteiger partial charge in [0.1, 0.15) is 5.82 Å². The van der Waals surface area contributed by atoms with Crippen LogP contribution in [0.3, 0.4) is 0 Å². The Balaban J connectivity index is 2.81. The molecule has 0 aliphatic rings. The Morgan fingerprint density at radius 3 is 2.36 bits per heavy atom. The van der Waals surface area contributed by atoms with Gasteiger partial charge in [0, 0.05) is 19.3 Å². The topological polar surface area (TPSA) is 3.24 Å². The summed E-state index contributed by atoms with van der Waals surface area (Å²) in [6.07, 6.45) is 0. The first kappa shape index (κ1) is 8.05. The second-order valence-corrected chi connectivity index (χ2v) is 2.40. The van der Waals surface area contributed by atoms with Crippen LogP contribution >= 0.6 is 0 Å². The monoisotopic (exact) mass is 152 g/mol. The van der Waals surface area contributed by atoms with E-state index in [2.05, 4.69) is 6.92 Å². The number of rotatable bonds is 2. The predicted octanol–water partition coefficient (Wildman–Crippen LogP) is 2.10. The van der Waals surface area contributed by atoms with Crippen molar-refractivity contribution >= 4 is 5.69 Å². The summed E-state index contributed by atoms with van der Waals surface area (Å²) in [7, 11) is 1.92. The van der Waals surface area contributed by atoms with Crippen LogP contribution in [-0.4, -0.2) is 13.6 Å². The van der Waals surface area contributed by atoms with Gasteiger partial charge in [-0.2, -0.15) is 0 Å². The fraction of sp³-hybridized carbons (Fsp3) is 0.222. The van der Waals surface area contributed by atoms with Crippen LogP contribution in [0.1, 0.15) is 0 Å². The van der Waals surface area contributed by atoms with Gasteiger partial charge in [0.25, 0.3) is 0 Å². The van der Waals surface area contributed by atoms with E-state index in [0.29, 0.717) is 6.54 Å². The summed E-state index contributed by atoms with van der Waals surface area (Å²) in [5.41, 5.74) is 0.987. The number of halogens is 1. The summed E-state index contributed by atoms with van der Waals surface area (Å²) >= 11 is 0. The molecule has 0 saturated heterocycles. The van der Waals surface area contributed by atoms with E-state index in [9.17, 15) is 4.39 Å². The molecule has 0 atom stereocenters. The summed E-state index contributed by atoms with van der Waals surface area (Å²) in [6, 6.07) is 6.37. The standard InChI is InChI=1S/C9H11FN/c1-3-11(2)9-6-4-8(10)5-7-9/h4-7H,1,3H2,2H3. The first-order valence-electron chi connectivity index (χ1n) is 3.50. The van der Waals surface area contributed by atoms with Crippen molar-refractivity contribution in [2.75, 3.05) is 18.5 Å². The van der Waals surface area contributed by atoms with Crippen molar-refractivity contribution in [1.29, 1.82) is 0 Å². The number of hydrogen-bond acceptors (Lipinski definition) is 1. The molecule has 0 bridgehead atoms. The van der Waals surface area contributed by atoms with E-state index in [4.69, 9.17) is 0 Å². The summed E-state index contributed by atoms with van der Waals surface area (Å²) < 4.78 is 12.4. The lowest BCUT2D eigenvalue weighted by atomic mass is 10.3. The van der Waals surface area contributed by atoms with Gasteiger partial charge in [-0.05, 0) is 31.2 Å². The highest BCUT2D eigenvalue weighted by atomic mass is 19.1. The molecular formula is C9H11FN. The minimum atomic E-state index is -0.203. The van der Waals surface area contributed by atoms with Crippen LogP contribution in [0, 0.1) is 12.7 Å². The molecule has 0 aromatic heterocycles. The molecule has 1 nitrogen and oxygen atoms in total. The second-order valence-electron chi connectivity index (χ2n) is 2.40.